The Balaban J connectivity index is 1.58. The van der Waals surface area contributed by atoms with Gasteiger partial charge in [0.25, 0.3) is 0 Å². The maximum absolute atomic E-state index is 5.56. The monoisotopic (exact) mass is 342 g/mol. The number of rotatable bonds is 2. The lowest BCUT2D eigenvalue weighted by molar-refractivity contribution is 0.174. The summed E-state index contributed by atoms with van der Waals surface area (Å²) >= 11 is 0. The van der Waals surface area contributed by atoms with E-state index in [4.69, 9.17) is 14.5 Å². The van der Waals surface area contributed by atoms with Crippen molar-refractivity contribution in [3.63, 3.8) is 0 Å². The van der Waals surface area contributed by atoms with Gasteiger partial charge in [0, 0.05) is 6.42 Å². The largest absolute Gasteiger partial charge is 0.454 e. The van der Waals surface area contributed by atoms with E-state index >= 15 is 0 Å². The topological polar surface area (TPSA) is 42.9 Å². The summed E-state index contributed by atoms with van der Waals surface area (Å²) in [6.07, 6.45) is 0.790. The molecule has 1 atom stereocenters. The van der Waals surface area contributed by atoms with Crippen LogP contribution in [0.2, 0.25) is 0 Å². The fraction of sp³-hybridized carbons (Fsp3) is 0.136. The van der Waals surface area contributed by atoms with Crippen LogP contribution in [0, 0.1) is 0 Å². The fourth-order valence-corrected chi connectivity index (χ4v) is 3.46. The minimum absolute atomic E-state index is 0.104. The van der Waals surface area contributed by atoms with Gasteiger partial charge in [0.05, 0.1) is 23.1 Å². The minimum atomic E-state index is 0.104. The maximum Gasteiger partial charge on any atom is 0.231 e. The van der Waals surface area contributed by atoms with Crippen molar-refractivity contribution in [2.45, 2.75) is 12.5 Å². The number of nitrogens with zero attached hydrogens (tertiary/aromatic N) is 1. The summed E-state index contributed by atoms with van der Waals surface area (Å²) in [5.41, 5.74) is 5.40. The molecule has 0 radical (unpaired) electrons. The minimum Gasteiger partial charge on any atom is -0.454 e. The van der Waals surface area contributed by atoms with Crippen molar-refractivity contribution in [3.05, 3.63) is 83.9 Å². The van der Waals surface area contributed by atoms with Crippen molar-refractivity contribution >= 4 is 17.1 Å². The first-order valence-electron chi connectivity index (χ1n) is 8.75. The standard InChI is InChI=1S/C22H18N2O2/c1-2-6-15(7-3-1)19-13-20(24-18-9-5-4-8-17(18)23-19)16-10-11-21-22(12-16)26-14-25-21/h1-12,20,24H,13-14H2. The smallest absolute Gasteiger partial charge is 0.231 e. The lowest BCUT2D eigenvalue weighted by Gasteiger charge is -2.19. The summed E-state index contributed by atoms with van der Waals surface area (Å²) in [6, 6.07) is 24.8. The van der Waals surface area contributed by atoms with E-state index in [1.807, 2.05) is 30.3 Å². The molecule has 0 amide bonds. The molecule has 1 unspecified atom stereocenters. The molecule has 2 aliphatic rings. The van der Waals surface area contributed by atoms with Crippen LogP contribution in [0.1, 0.15) is 23.6 Å². The number of benzene rings is 3. The highest BCUT2D eigenvalue weighted by Crippen LogP contribution is 2.39. The first-order chi connectivity index (χ1) is 12.9. The molecule has 0 fully saturated rings. The number of ether oxygens (including phenoxy) is 2. The van der Waals surface area contributed by atoms with Crippen molar-refractivity contribution in [1.82, 2.24) is 0 Å². The van der Waals surface area contributed by atoms with E-state index in [0.29, 0.717) is 0 Å². The number of nitrogens with one attached hydrogen (secondary N) is 1. The van der Waals surface area contributed by atoms with Gasteiger partial charge in [0.1, 0.15) is 0 Å². The summed E-state index contributed by atoms with van der Waals surface area (Å²) in [6.45, 7) is 0.288. The van der Waals surface area contributed by atoms with Gasteiger partial charge in [-0.05, 0) is 35.4 Å². The molecule has 2 aliphatic heterocycles. The first-order valence-corrected chi connectivity index (χ1v) is 8.75. The molecular formula is C22H18N2O2. The molecule has 0 aliphatic carbocycles. The van der Waals surface area contributed by atoms with Crippen molar-refractivity contribution in [3.8, 4) is 11.5 Å². The van der Waals surface area contributed by atoms with Crippen molar-refractivity contribution in [1.29, 1.82) is 0 Å². The van der Waals surface area contributed by atoms with E-state index < -0.39 is 0 Å². The predicted octanol–water partition coefficient (Wildman–Crippen LogP) is 5.09. The zero-order valence-electron chi connectivity index (χ0n) is 14.2. The highest BCUT2D eigenvalue weighted by atomic mass is 16.7. The van der Waals surface area contributed by atoms with Gasteiger partial charge >= 0.3 is 0 Å². The molecule has 5 rings (SSSR count). The highest BCUT2D eigenvalue weighted by molar-refractivity contribution is 6.04. The number of aliphatic imine (C=N–C) groups is 1. The zero-order valence-corrected chi connectivity index (χ0v) is 14.2. The van der Waals surface area contributed by atoms with Crippen molar-refractivity contribution in [2.24, 2.45) is 4.99 Å². The Labute approximate surface area is 152 Å². The molecule has 26 heavy (non-hydrogen) atoms. The summed E-state index contributed by atoms with van der Waals surface area (Å²) in [7, 11) is 0. The van der Waals surface area contributed by atoms with E-state index in [1.165, 1.54) is 0 Å². The molecule has 1 N–H and O–H groups in total. The molecular weight excluding hydrogens is 324 g/mol. The predicted molar refractivity (Wildman–Crippen MR) is 103 cm³/mol. The van der Waals surface area contributed by atoms with Gasteiger partial charge in [-0.2, -0.15) is 0 Å². The van der Waals surface area contributed by atoms with E-state index in [1.54, 1.807) is 0 Å². The van der Waals surface area contributed by atoms with Gasteiger partial charge < -0.3 is 14.8 Å². The maximum atomic E-state index is 5.56. The number of hydrogen-bond acceptors (Lipinski definition) is 4. The highest BCUT2D eigenvalue weighted by Gasteiger charge is 2.23. The van der Waals surface area contributed by atoms with Crippen LogP contribution in [-0.4, -0.2) is 12.5 Å². The molecule has 128 valence electrons. The number of fused-ring (bicyclic) bond motifs is 2. The Kier molecular flexibility index (Phi) is 3.60. The van der Waals surface area contributed by atoms with Crippen LogP contribution in [0.4, 0.5) is 11.4 Å². The third kappa shape index (κ3) is 2.69. The molecule has 2 heterocycles. The second-order valence-electron chi connectivity index (χ2n) is 6.46. The van der Waals surface area contributed by atoms with Crippen LogP contribution in [0.5, 0.6) is 11.5 Å². The van der Waals surface area contributed by atoms with Crippen LogP contribution >= 0.6 is 0 Å². The Bertz CT molecular complexity index is 982. The van der Waals surface area contributed by atoms with Gasteiger partial charge in [-0.1, -0.05) is 48.5 Å². The second-order valence-corrected chi connectivity index (χ2v) is 6.46. The normalized spacial score (nSPS) is 17.7. The molecule has 3 aromatic carbocycles. The van der Waals surface area contributed by atoms with Crippen LogP contribution in [-0.2, 0) is 0 Å². The Hall–Kier alpha value is -3.27. The van der Waals surface area contributed by atoms with Gasteiger partial charge in [-0.15, -0.1) is 0 Å². The number of hydrogen-bond donors (Lipinski definition) is 1. The van der Waals surface area contributed by atoms with E-state index in [9.17, 15) is 0 Å². The van der Waals surface area contributed by atoms with Gasteiger partial charge in [0.15, 0.2) is 11.5 Å². The molecule has 0 bridgehead atoms. The third-order valence-corrected chi connectivity index (χ3v) is 4.79. The summed E-state index contributed by atoms with van der Waals surface area (Å²) in [5.74, 6) is 1.61. The van der Waals surface area contributed by atoms with Crippen LogP contribution in [0.25, 0.3) is 0 Å². The average Bonchev–Trinajstić information content (AvgIpc) is 3.07. The summed E-state index contributed by atoms with van der Waals surface area (Å²) in [5, 5.41) is 3.66. The van der Waals surface area contributed by atoms with Crippen molar-refractivity contribution < 1.29 is 9.47 Å². The molecule has 0 saturated carbocycles. The lowest BCUT2D eigenvalue weighted by atomic mass is 9.97. The molecule has 3 aromatic rings. The quantitative estimate of drug-likeness (QED) is 0.705. The molecule has 4 heteroatoms. The molecule has 0 spiro atoms. The lowest BCUT2D eigenvalue weighted by Crippen LogP contribution is -2.14. The van der Waals surface area contributed by atoms with Crippen LogP contribution in [0.15, 0.2) is 77.8 Å². The van der Waals surface area contributed by atoms with E-state index in [-0.39, 0.29) is 12.8 Å². The van der Waals surface area contributed by atoms with Gasteiger partial charge in [-0.25, -0.2) is 0 Å². The second kappa shape index (κ2) is 6.23. The fourth-order valence-electron chi connectivity index (χ4n) is 3.46. The average molecular weight is 342 g/mol. The van der Waals surface area contributed by atoms with E-state index in [0.717, 1.165) is 46.1 Å². The molecule has 0 saturated heterocycles. The summed E-state index contributed by atoms with van der Waals surface area (Å²) < 4.78 is 11.0. The van der Waals surface area contributed by atoms with E-state index in [2.05, 4.69) is 47.8 Å². The zero-order chi connectivity index (χ0) is 17.3. The summed E-state index contributed by atoms with van der Waals surface area (Å²) in [4.78, 5) is 4.96. The van der Waals surface area contributed by atoms with Gasteiger partial charge in [0.2, 0.25) is 6.79 Å². The van der Waals surface area contributed by atoms with Crippen molar-refractivity contribution in [2.75, 3.05) is 12.1 Å². The SMILES string of the molecule is c1ccc(C2=Nc3ccccc3NC(c3ccc4c(c3)OCO4)C2)cc1. The molecule has 4 nitrogen and oxygen atoms in total. The molecule has 0 aromatic heterocycles. The Morgan fingerprint density at radius 1 is 0.846 bits per heavy atom. The Morgan fingerprint density at radius 2 is 1.65 bits per heavy atom. The van der Waals surface area contributed by atoms with Crippen LogP contribution in [0.3, 0.4) is 0 Å². The van der Waals surface area contributed by atoms with Crippen LogP contribution < -0.4 is 14.8 Å². The number of para-hydroxylation sites is 2. The Morgan fingerprint density at radius 3 is 2.58 bits per heavy atom. The number of anilines is 1. The van der Waals surface area contributed by atoms with Gasteiger partial charge in [-0.3, -0.25) is 4.99 Å². The third-order valence-electron chi connectivity index (χ3n) is 4.79. The first kappa shape index (κ1) is 15.0.